The summed E-state index contributed by atoms with van der Waals surface area (Å²) < 4.78 is 28.2. The van der Waals surface area contributed by atoms with Crippen molar-refractivity contribution in [1.29, 1.82) is 0 Å². The molecule has 2 aromatic heterocycles. The van der Waals surface area contributed by atoms with Crippen LogP contribution in [-0.2, 0) is 11.0 Å². The summed E-state index contributed by atoms with van der Waals surface area (Å²) in [5.41, 5.74) is 1.17. The Morgan fingerprint density at radius 1 is 1.00 bits per heavy atom. The summed E-state index contributed by atoms with van der Waals surface area (Å²) in [6.07, 6.45) is 4.55. The van der Waals surface area contributed by atoms with Crippen LogP contribution in [0.1, 0.15) is 11.3 Å². The van der Waals surface area contributed by atoms with E-state index < -0.39 is 13.0 Å². The molecule has 162 valence electrons. The predicted molar refractivity (Wildman–Crippen MR) is 123 cm³/mol. The third kappa shape index (κ3) is 3.82. The van der Waals surface area contributed by atoms with Gasteiger partial charge in [-0.15, -0.1) is 0 Å². The van der Waals surface area contributed by atoms with Crippen molar-refractivity contribution < 1.29 is 8.96 Å². The largest absolute Gasteiger partial charge is 0.340 e. The van der Waals surface area contributed by atoms with E-state index in [1.54, 1.807) is 36.7 Å². The molecule has 0 saturated carbocycles. The second-order valence-corrected chi connectivity index (χ2v) is 11.0. The molecule has 0 atom stereocenters. The first kappa shape index (κ1) is 20.5. The molecule has 1 saturated heterocycles. The number of aromatic nitrogens is 4. The average Bonchev–Trinajstić information content (AvgIpc) is 2.83. The first-order chi connectivity index (χ1) is 15.5. The van der Waals surface area contributed by atoms with Gasteiger partial charge in [0, 0.05) is 54.9 Å². The molecule has 1 aliphatic heterocycles. The number of hydrogen-bond acceptors (Lipinski definition) is 6. The van der Waals surface area contributed by atoms with Gasteiger partial charge in [0.25, 0.3) is 5.56 Å². The maximum Gasteiger partial charge on any atom is 0.272 e. The molecule has 0 bridgehead atoms. The smallest absolute Gasteiger partial charge is 0.272 e. The fourth-order valence-corrected chi connectivity index (χ4v) is 7.11. The van der Waals surface area contributed by atoms with Gasteiger partial charge in [0.2, 0.25) is 5.95 Å². The van der Waals surface area contributed by atoms with E-state index in [1.807, 2.05) is 17.0 Å². The van der Waals surface area contributed by atoms with Crippen molar-refractivity contribution in [2.75, 3.05) is 30.3 Å². The van der Waals surface area contributed by atoms with Gasteiger partial charge in [-0.2, -0.15) is 5.10 Å². The number of H-pyrrole nitrogens is 1. The van der Waals surface area contributed by atoms with Gasteiger partial charge in [-0.05, 0) is 29.8 Å². The zero-order valence-electron chi connectivity index (χ0n) is 17.2. The Hall–Kier alpha value is -3.38. The molecule has 1 N–H and O–H groups in total. The number of nitrogens with one attached hydrogen (secondary N) is 1. The molecule has 7 nitrogen and oxygen atoms in total. The Morgan fingerprint density at radius 3 is 2.47 bits per heavy atom. The van der Waals surface area contributed by atoms with Crippen molar-refractivity contribution in [2.45, 2.75) is 6.42 Å². The summed E-state index contributed by atoms with van der Waals surface area (Å²) in [4.78, 5) is 22.7. The Kier molecular flexibility index (Phi) is 5.31. The van der Waals surface area contributed by atoms with Crippen LogP contribution < -0.4 is 15.8 Å². The van der Waals surface area contributed by atoms with Crippen LogP contribution in [0.5, 0.6) is 0 Å². The standard InChI is InChI=1S/C23H21FN5O2P/c24-17-7-6-16(14-20-18-4-1-2-5-19(18)22(30)28-27-20)21(15-17)32(31)12-10-29(11-13-32)23-25-8-3-9-26-23/h1-9,15H,10-14H2,(H,28,30). The number of hydrogen-bond donors (Lipinski definition) is 1. The van der Waals surface area contributed by atoms with E-state index in [-0.39, 0.29) is 5.56 Å². The number of rotatable bonds is 4. The zero-order valence-corrected chi connectivity index (χ0v) is 18.1. The van der Waals surface area contributed by atoms with E-state index in [0.717, 1.165) is 10.9 Å². The van der Waals surface area contributed by atoms with E-state index in [4.69, 9.17) is 0 Å². The molecule has 5 rings (SSSR count). The molecule has 1 aliphatic rings. The molecule has 1 fully saturated rings. The Morgan fingerprint density at radius 2 is 1.72 bits per heavy atom. The van der Waals surface area contributed by atoms with Crippen molar-refractivity contribution in [3.05, 3.63) is 88.4 Å². The summed E-state index contributed by atoms with van der Waals surface area (Å²) in [5, 5.41) is 8.62. The number of nitrogens with zero attached hydrogens (tertiary/aromatic N) is 4. The highest BCUT2D eigenvalue weighted by Crippen LogP contribution is 2.47. The van der Waals surface area contributed by atoms with Crippen LogP contribution in [0.15, 0.2) is 65.7 Å². The molecule has 32 heavy (non-hydrogen) atoms. The van der Waals surface area contributed by atoms with E-state index in [9.17, 15) is 13.8 Å². The van der Waals surface area contributed by atoms with Crippen LogP contribution >= 0.6 is 7.14 Å². The lowest BCUT2D eigenvalue weighted by molar-refractivity contribution is 0.573. The molecule has 3 heterocycles. The lowest BCUT2D eigenvalue weighted by Crippen LogP contribution is -2.38. The normalized spacial score (nSPS) is 15.7. The van der Waals surface area contributed by atoms with Crippen LogP contribution in [0.25, 0.3) is 10.8 Å². The highest BCUT2D eigenvalue weighted by molar-refractivity contribution is 7.71. The summed E-state index contributed by atoms with van der Waals surface area (Å²) in [7, 11) is -2.83. The lowest BCUT2D eigenvalue weighted by Gasteiger charge is -2.33. The van der Waals surface area contributed by atoms with Crippen LogP contribution in [0, 0.1) is 5.82 Å². The molecule has 0 spiro atoms. The first-order valence-electron chi connectivity index (χ1n) is 10.4. The lowest BCUT2D eigenvalue weighted by atomic mass is 10.0. The minimum atomic E-state index is -2.83. The van der Waals surface area contributed by atoms with Gasteiger partial charge in [-0.1, -0.05) is 24.3 Å². The predicted octanol–water partition coefficient (Wildman–Crippen LogP) is 2.95. The number of anilines is 1. The van der Waals surface area contributed by atoms with Crippen LogP contribution in [-0.4, -0.2) is 45.6 Å². The number of halogens is 1. The summed E-state index contributed by atoms with van der Waals surface area (Å²) in [6.45, 7) is 1.08. The van der Waals surface area contributed by atoms with Crippen LogP contribution in [0.2, 0.25) is 0 Å². The van der Waals surface area contributed by atoms with Crippen molar-refractivity contribution in [2.24, 2.45) is 0 Å². The average molecular weight is 449 g/mol. The SMILES string of the molecule is O=c1[nH]nc(Cc2ccc(F)cc2P2(=O)CCN(c3ncccn3)CC2)c2ccccc12. The van der Waals surface area contributed by atoms with Gasteiger partial charge in [0.1, 0.15) is 13.0 Å². The Bertz CT molecular complexity index is 1380. The fourth-order valence-electron chi connectivity index (χ4n) is 4.24. The highest BCUT2D eigenvalue weighted by atomic mass is 31.2. The molecule has 9 heteroatoms. The summed E-state index contributed by atoms with van der Waals surface area (Å²) in [6, 6.07) is 13.5. The van der Waals surface area contributed by atoms with E-state index >= 15 is 0 Å². The van der Waals surface area contributed by atoms with E-state index in [2.05, 4.69) is 20.2 Å². The molecule has 4 aromatic rings. The maximum absolute atomic E-state index is 14.2. The van der Waals surface area contributed by atoms with Crippen molar-refractivity contribution in [1.82, 2.24) is 20.2 Å². The van der Waals surface area contributed by atoms with Crippen molar-refractivity contribution in [3.63, 3.8) is 0 Å². The number of fused-ring (bicyclic) bond motifs is 1. The van der Waals surface area contributed by atoms with E-state index in [1.165, 1.54) is 12.1 Å². The minimum absolute atomic E-state index is 0.257. The van der Waals surface area contributed by atoms with Gasteiger partial charge in [0.15, 0.2) is 0 Å². The van der Waals surface area contributed by atoms with Gasteiger partial charge in [-0.25, -0.2) is 19.5 Å². The summed E-state index contributed by atoms with van der Waals surface area (Å²) in [5.74, 6) is 0.203. The topological polar surface area (TPSA) is 91.8 Å². The third-order valence-electron chi connectivity index (χ3n) is 5.92. The summed E-state index contributed by atoms with van der Waals surface area (Å²) >= 11 is 0. The second kappa shape index (κ2) is 8.28. The Labute approximate surface area is 183 Å². The molecular formula is C23H21FN5O2P. The Balaban J connectivity index is 1.48. The molecule has 0 aliphatic carbocycles. The minimum Gasteiger partial charge on any atom is -0.340 e. The van der Waals surface area contributed by atoms with Gasteiger partial charge in [0.05, 0.1) is 11.1 Å². The fraction of sp³-hybridized carbons (Fsp3) is 0.217. The molecule has 0 unspecified atom stereocenters. The zero-order chi connectivity index (χ0) is 22.1. The number of aromatic amines is 1. The van der Waals surface area contributed by atoms with Gasteiger partial charge >= 0.3 is 0 Å². The third-order valence-corrected chi connectivity index (χ3v) is 9.06. The second-order valence-electron chi connectivity index (χ2n) is 7.87. The van der Waals surface area contributed by atoms with Gasteiger partial charge < -0.3 is 9.46 Å². The van der Waals surface area contributed by atoms with Crippen LogP contribution in [0.4, 0.5) is 10.3 Å². The highest BCUT2D eigenvalue weighted by Gasteiger charge is 2.33. The van der Waals surface area contributed by atoms with Gasteiger partial charge in [-0.3, -0.25) is 4.79 Å². The van der Waals surface area contributed by atoms with E-state index in [0.29, 0.717) is 54.2 Å². The molecule has 0 radical (unpaired) electrons. The van der Waals surface area contributed by atoms with Crippen molar-refractivity contribution >= 4 is 29.2 Å². The maximum atomic E-state index is 14.2. The molecule has 0 amide bonds. The van der Waals surface area contributed by atoms with Crippen LogP contribution in [0.3, 0.4) is 0 Å². The molecule has 2 aromatic carbocycles. The van der Waals surface area contributed by atoms with Crippen molar-refractivity contribution in [3.8, 4) is 0 Å². The quantitative estimate of drug-likeness (QED) is 0.482. The first-order valence-corrected chi connectivity index (χ1v) is 12.5. The number of benzene rings is 2. The molecular weight excluding hydrogens is 428 g/mol. The monoisotopic (exact) mass is 449 g/mol.